The second-order valence-electron chi connectivity index (χ2n) is 5.10. The molecule has 3 N–H and O–H groups in total. The third kappa shape index (κ3) is 3.21. The number of benzene rings is 1. The Kier molecular flexibility index (Phi) is 4.07. The Morgan fingerprint density at radius 1 is 1.35 bits per heavy atom. The number of carbonyl (C=O) groups is 2. The van der Waals surface area contributed by atoms with E-state index in [4.69, 9.17) is 5.73 Å². The third-order valence-corrected chi connectivity index (χ3v) is 4.24. The second kappa shape index (κ2) is 6.17. The predicted octanol–water partition coefficient (Wildman–Crippen LogP) is 1.51. The van der Waals surface area contributed by atoms with Crippen LogP contribution in [0.4, 0.5) is 10.8 Å². The van der Waals surface area contributed by atoms with Gasteiger partial charge >= 0.3 is 0 Å². The summed E-state index contributed by atoms with van der Waals surface area (Å²) in [4.78, 5) is 28.2. The van der Waals surface area contributed by atoms with Gasteiger partial charge in [0.2, 0.25) is 5.91 Å². The van der Waals surface area contributed by atoms with E-state index in [1.54, 1.807) is 0 Å². The van der Waals surface area contributed by atoms with Crippen LogP contribution >= 0.6 is 11.3 Å². The first-order valence-electron chi connectivity index (χ1n) is 6.99. The lowest BCUT2D eigenvalue weighted by Crippen LogP contribution is -2.39. The first-order valence-corrected chi connectivity index (χ1v) is 7.87. The van der Waals surface area contributed by atoms with Gasteiger partial charge in [-0.05, 0) is 19.1 Å². The summed E-state index contributed by atoms with van der Waals surface area (Å²) in [7, 11) is 0. The van der Waals surface area contributed by atoms with Gasteiger partial charge in [0, 0.05) is 11.8 Å². The molecule has 1 aliphatic rings. The number of hydrogen-bond donors (Lipinski definition) is 2. The molecule has 8 heteroatoms. The van der Waals surface area contributed by atoms with Crippen LogP contribution in [0.3, 0.4) is 0 Å². The van der Waals surface area contributed by atoms with Crippen LogP contribution in [-0.4, -0.2) is 28.6 Å². The molecule has 0 bridgehead atoms. The van der Waals surface area contributed by atoms with E-state index >= 15 is 0 Å². The van der Waals surface area contributed by atoms with Gasteiger partial charge in [0.15, 0.2) is 5.13 Å². The maximum absolute atomic E-state index is 12.3. The number of amides is 2. The Bertz CT molecular complexity index is 771. The fraction of sp³-hybridized carbons (Fsp3) is 0.200. The van der Waals surface area contributed by atoms with Crippen molar-refractivity contribution in [2.24, 2.45) is 10.8 Å². The summed E-state index contributed by atoms with van der Waals surface area (Å²) in [6.45, 7) is 1.85. The zero-order chi connectivity index (χ0) is 16.4. The van der Waals surface area contributed by atoms with Crippen LogP contribution in [0.1, 0.15) is 12.1 Å². The molecule has 2 aromatic rings. The van der Waals surface area contributed by atoms with Crippen LogP contribution in [0, 0.1) is 6.92 Å². The SMILES string of the molecule is Cc1csc(NC(=O)C2=NN(c3ccccc3)[C@H](C(N)=O)C2)n1. The van der Waals surface area contributed by atoms with E-state index in [0.717, 1.165) is 5.69 Å². The average Bonchev–Trinajstić information content (AvgIpc) is 3.15. The molecule has 0 fully saturated rings. The van der Waals surface area contributed by atoms with Gasteiger partial charge < -0.3 is 5.73 Å². The quantitative estimate of drug-likeness (QED) is 0.888. The Morgan fingerprint density at radius 3 is 2.70 bits per heavy atom. The van der Waals surface area contributed by atoms with E-state index < -0.39 is 11.9 Å². The molecule has 1 atom stereocenters. The number of hydrogen-bond acceptors (Lipinski definition) is 6. The van der Waals surface area contributed by atoms with Crippen molar-refractivity contribution < 1.29 is 9.59 Å². The average molecular weight is 329 g/mol. The fourth-order valence-corrected chi connectivity index (χ4v) is 2.95. The maximum atomic E-state index is 12.3. The highest BCUT2D eigenvalue weighted by atomic mass is 32.1. The minimum atomic E-state index is -0.670. The summed E-state index contributed by atoms with van der Waals surface area (Å²) < 4.78 is 0. The van der Waals surface area contributed by atoms with E-state index in [1.165, 1.54) is 16.3 Å². The molecule has 23 heavy (non-hydrogen) atoms. The number of nitrogens with two attached hydrogens (primary N) is 1. The molecule has 2 amide bonds. The van der Waals surface area contributed by atoms with Gasteiger partial charge in [-0.3, -0.25) is 19.9 Å². The Balaban J connectivity index is 1.82. The highest BCUT2D eigenvalue weighted by molar-refractivity contribution is 7.14. The van der Waals surface area contributed by atoms with Crippen molar-refractivity contribution in [1.29, 1.82) is 0 Å². The summed E-state index contributed by atoms with van der Waals surface area (Å²) >= 11 is 1.34. The lowest BCUT2D eigenvalue weighted by atomic mass is 10.1. The fourth-order valence-electron chi connectivity index (χ4n) is 2.27. The molecule has 0 aliphatic carbocycles. The molecule has 1 aromatic heterocycles. The van der Waals surface area contributed by atoms with E-state index in [2.05, 4.69) is 15.4 Å². The number of hydrazone groups is 1. The van der Waals surface area contributed by atoms with Gasteiger partial charge in [0.05, 0.1) is 11.4 Å². The van der Waals surface area contributed by atoms with Crippen molar-refractivity contribution in [3.63, 3.8) is 0 Å². The topological polar surface area (TPSA) is 101 Å². The van der Waals surface area contributed by atoms with Crippen molar-refractivity contribution in [3.05, 3.63) is 41.4 Å². The summed E-state index contributed by atoms with van der Waals surface area (Å²) in [5, 5.41) is 10.8. The highest BCUT2D eigenvalue weighted by Gasteiger charge is 2.35. The first-order chi connectivity index (χ1) is 11.0. The largest absolute Gasteiger partial charge is 0.368 e. The summed E-state index contributed by atoms with van der Waals surface area (Å²) in [5.74, 6) is -0.894. The number of primary amides is 1. The smallest absolute Gasteiger partial charge is 0.273 e. The number of aryl methyl sites for hydroxylation is 1. The number of anilines is 2. The highest BCUT2D eigenvalue weighted by Crippen LogP contribution is 2.25. The zero-order valence-corrected chi connectivity index (χ0v) is 13.2. The maximum Gasteiger partial charge on any atom is 0.273 e. The van der Waals surface area contributed by atoms with Gasteiger partial charge in [-0.15, -0.1) is 11.3 Å². The van der Waals surface area contributed by atoms with E-state index in [0.29, 0.717) is 10.8 Å². The number of thiazole rings is 1. The molecule has 0 saturated carbocycles. The van der Waals surface area contributed by atoms with Crippen LogP contribution in [0.5, 0.6) is 0 Å². The predicted molar refractivity (Wildman–Crippen MR) is 89.4 cm³/mol. The molecule has 1 aliphatic heterocycles. The molecule has 1 aromatic carbocycles. The molecule has 0 radical (unpaired) electrons. The lowest BCUT2D eigenvalue weighted by molar-refractivity contribution is -0.119. The number of para-hydroxylation sites is 1. The van der Waals surface area contributed by atoms with E-state index in [9.17, 15) is 9.59 Å². The van der Waals surface area contributed by atoms with Gasteiger partial charge in [-0.25, -0.2) is 4.98 Å². The molecule has 0 unspecified atom stereocenters. The Hall–Kier alpha value is -2.74. The monoisotopic (exact) mass is 329 g/mol. The van der Waals surface area contributed by atoms with Crippen LogP contribution in [0.15, 0.2) is 40.8 Å². The summed E-state index contributed by atoms with van der Waals surface area (Å²) in [6, 6.07) is 8.48. The standard InChI is InChI=1S/C15H15N5O2S/c1-9-8-23-15(17-9)18-14(22)11-7-12(13(16)21)20(19-11)10-5-3-2-4-6-10/h2-6,8,12H,7H2,1H3,(H2,16,21)(H,17,18,22)/t12-/m0/s1. The van der Waals surface area contributed by atoms with Crippen molar-refractivity contribution in [1.82, 2.24) is 4.98 Å². The molecule has 0 saturated heterocycles. The van der Waals surface area contributed by atoms with E-state index in [-0.39, 0.29) is 18.0 Å². The van der Waals surface area contributed by atoms with Crippen molar-refractivity contribution in [3.8, 4) is 0 Å². The van der Waals surface area contributed by atoms with Gasteiger partial charge in [0.25, 0.3) is 5.91 Å². The molecule has 3 rings (SSSR count). The lowest BCUT2D eigenvalue weighted by Gasteiger charge is -2.20. The number of nitrogens with zero attached hydrogens (tertiary/aromatic N) is 3. The molecule has 118 valence electrons. The number of nitrogens with one attached hydrogen (secondary N) is 1. The Morgan fingerprint density at radius 2 is 2.09 bits per heavy atom. The zero-order valence-electron chi connectivity index (χ0n) is 12.4. The normalized spacial score (nSPS) is 17.0. The van der Waals surface area contributed by atoms with Crippen LogP contribution < -0.4 is 16.1 Å². The molecular formula is C15H15N5O2S. The molecule has 7 nitrogen and oxygen atoms in total. The number of carbonyl (C=O) groups excluding carboxylic acids is 2. The summed E-state index contributed by atoms with van der Waals surface area (Å²) in [5.41, 5.74) is 7.25. The van der Waals surface area contributed by atoms with Gasteiger partial charge in [-0.1, -0.05) is 18.2 Å². The van der Waals surface area contributed by atoms with Gasteiger partial charge in [-0.2, -0.15) is 5.10 Å². The first kappa shape index (κ1) is 15.2. The number of rotatable bonds is 4. The van der Waals surface area contributed by atoms with Crippen molar-refractivity contribution >= 4 is 39.7 Å². The molecule has 2 heterocycles. The summed E-state index contributed by atoms with van der Waals surface area (Å²) in [6.07, 6.45) is 0.167. The third-order valence-electron chi connectivity index (χ3n) is 3.36. The second-order valence-corrected chi connectivity index (χ2v) is 5.96. The minimum absolute atomic E-state index is 0.167. The molecule has 0 spiro atoms. The van der Waals surface area contributed by atoms with Crippen molar-refractivity contribution in [2.75, 3.05) is 10.3 Å². The Labute approximate surface area is 136 Å². The van der Waals surface area contributed by atoms with Crippen molar-refractivity contribution in [2.45, 2.75) is 19.4 Å². The van der Waals surface area contributed by atoms with Gasteiger partial charge in [0.1, 0.15) is 11.8 Å². The van der Waals surface area contributed by atoms with Crippen LogP contribution in [-0.2, 0) is 9.59 Å². The van der Waals surface area contributed by atoms with Crippen LogP contribution in [0.25, 0.3) is 0 Å². The minimum Gasteiger partial charge on any atom is -0.368 e. The number of aromatic nitrogens is 1. The van der Waals surface area contributed by atoms with Crippen LogP contribution in [0.2, 0.25) is 0 Å². The molecular weight excluding hydrogens is 314 g/mol. The van der Waals surface area contributed by atoms with E-state index in [1.807, 2.05) is 42.6 Å².